The monoisotopic (exact) mass is 169 g/mol. The molecule has 1 aliphatic rings. The van der Waals surface area contributed by atoms with Crippen LogP contribution in [0.1, 0.15) is 33.1 Å². The molecule has 0 aromatic heterocycles. The van der Waals surface area contributed by atoms with E-state index in [2.05, 4.69) is 18.8 Å². The number of aliphatic imine (C=N–C) groups is 1. The summed E-state index contributed by atoms with van der Waals surface area (Å²) in [5.74, 6) is 0.509. The van der Waals surface area contributed by atoms with Crippen LogP contribution in [-0.4, -0.2) is 22.8 Å². The second kappa shape index (κ2) is 3.38. The molecule has 12 heavy (non-hydrogen) atoms. The van der Waals surface area contributed by atoms with E-state index in [9.17, 15) is 4.79 Å². The van der Waals surface area contributed by atoms with Crippen molar-refractivity contribution >= 4 is 6.08 Å². The van der Waals surface area contributed by atoms with Gasteiger partial charge in [0.1, 0.15) is 0 Å². The lowest BCUT2D eigenvalue weighted by Crippen LogP contribution is -2.46. The molecule has 0 heterocycles. The van der Waals surface area contributed by atoms with Crippen LogP contribution in [0, 0.1) is 5.92 Å². The summed E-state index contributed by atoms with van der Waals surface area (Å²) in [5.41, 5.74) is -0.282. The van der Waals surface area contributed by atoms with Gasteiger partial charge in [0.25, 0.3) is 0 Å². The van der Waals surface area contributed by atoms with Crippen LogP contribution in [0.4, 0.5) is 0 Å². The Morgan fingerprint density at radius 3 is 2.58 bits per heavy atom. The van der Waals surface area contributed by atoms with Gasteiger partial charge < -0.3 is 5.11 Å². The predicted octanol–water partition coefficient (Wildman–Crippen LogP) is 1.26. The first-order valence-corrected chi connectivity index (χ1v) is 4.35. The lowest BCUT2D eigenvalue weighted by Gasteiger charge is -2.41. The standard InChI is InChI=1S/C9H15NO2/c1-7(2)3-9(10-6-11)4-8(12)5-9/h7-8,12H,3-5H2,1-2H3. The molecule has 0 radical (unpaired) electrons. The minimum absolute atomic E-state index is 0.263. The largest absolute Gasteiger partial charge is 0.393 e. The van der Waals surface area contributed by atoms with Crippen molar-refractivity contribution in [3.05, 3.63) is 0 Å². The van der Waals surface area contributed by atoms with E-state index in [-0.39, 0.29) is 11.6 Å². The van der Waals surface area contributed by atoms with E-state index in [0.717, 1.165) is 6.42 Å². The fourth-order valence-electron chi connectivity index (χ4n) is 1.98. The number of aliphatic hydroxyl groups is 1. The maximum absolute atomic E-state index is 10.1. The van der Waals surface area contributed by atoms with Crippen molar-refractivity contribution in [1.29, 1.82) is 0 Å². The summed E-state index contributed by atoms with van der Waals surface area (Å²) in [6.07, 6.45) is 3.46. The summed E-state index contributed by atoms with van der Waals surface area (Å²) in [6.45, 7) is 4.18. The number of rotatable bonds is 3. The normalized spacial score (nSPS) is 34.2. The van der Waals surface area contributed by atoms with Gasteiger partial charge >= 0.3 is 0 Å². The average molecular weight is 169 g/mol. The zero-order chi connectivity index (χ0) is 9.19. The van der Waals surface area contributed by atoms with E-state index in [0.29, 0.717) is 18.8 Å². The molecule has 0 aromatic carbocycles. The first-order chi connectivity index (χ1) is 5.58. The Hall–Kier alpha value is -0.660. The zero-order valence-electron chi connectivity index (χ0n) is 7.58. The quantitative estimate of drug-likeness (QED) is 0.510. The molecule has 1 saturated carbocycles. The van der Waals surface area contributed by atoms with Gasteiger partial charge in [-0.3, -0.25) is 0 Å². The molecule has 68 valence electrons. The highest BCUT2D eigenvalue weighted by atomic mass is 16.3. The highest BCUT2D eigenvalue weighted by Gasteiger charge is 2.43. The molecule has 3 nitrogen and oxygen atoms in total. The highest BCUT2D eigenvalue weighted by Crippen LogP contribution is 2.40. The Kier molecular flexibility index (Phi) is 2.65. The molecule has 0 spiro atoms. The Bertz CT molecular complexity index is 201. The summed E-state index contributed by atoms with van der Waals surface area (Å²) in [7, 11) is 0. The van der Waals surface area contributed by atoms with Crippen molar-refractivity contribution in [3.63, 3.8) is 0 Å². The molecular formula is C9H15NO2. The summed E-state index contributed by atoms with van der Waals surface area (Å²) >= 11 is 0. The molecule has 1 N–H and O–H groups in total. The number of nitrogens with zero attached hydrogens (tertiary/aromatic N) is 1. The van der Waals surface area contributed by atoms with Gasteiger partial charge in [-0.05, 0) is 25.2 Å². The summed E-state index contributed by atoms with van der Waals surface area (Å²) < 4.78 is 0. The number of isocyanates is 1. The molecule has 3 heteroatoms. The SMILES string of the molecule is CC(C)CC1(N=C=O)CC(O)C1. The summed E-state index contributed by atoms with van der Waals surface area (Å²) in [5, 5.41) is 9.13. The van der Waals surface area contributed by atoms with Gasteiger partial charge in [0.2, 0.25) is 6.08 Å². The van der Waals surface area contributed by atoms with Gasteiger partial charge in [-0.2, -0.15) is 4.99 Å². The van der Waals surface area contributed by atoms with Crippen LogP contribution in [-0.2, 0) is 4.79 Å². The van der Waals surface area contributed by atoms with Gasteiger partial charge in [0, 0.05) is 0 Å². The van der Waals surface area contributed by atoms with Crippen LogP contribution in [0.5, 0.6) is 0 Å². The van der Waals surface area contributed by atoms with Crippen LogP contribution in [0.25, 0.3) is 0 Å². The van der Waals surface area contributed by atoms with Crippen molar-refractivity contribution in [3.8, 4) is 0 Å². The average Bonchev–Trinajstić information content (AvgIpc) is 1.83. The van der Waals surface area contributed by atoms with Crippen LogP contribution >= 0.6 is 0 Å². The molecule has 1 fully saturated rings. The third-order valence-electron chi connectivity index (χ3n) is 2.30. The predicted molar refractivity (Wildman–Crippen MR) is 45.5 cm³/mol. The smallest absolute Gasteiger partial charge is 0.235 e. The van der Waals surface area contributed by atoms with Crippen LogP contribution in [0.15, 0.2) is 4.99 Å². The number of carbonyl (C=O) groups excluding carboxylic acids is 1. The third kappa shape index (κ3) is 1.93. The topological polar surface area (TPSA) is 49.7 Å². The van der Waals surface area contributed by atoms with E-state index in [1.54, 1.807) is 6.08 Å². The molecule has 0 aromatic rings. The van der Waals surface area contributed by atoms with E-state index >= 15 is 0 Å². The van der Waals surface area contributed by atoms with Gasteiger partial charge in [-0.25, -0.2) is 4.79 Å². The maximum Gasteiger partial charge on any atom is 0.235 e. The number of hydrogen-bond donors (Lipinski definition) is 1. The highest BCUT2D eigenvalue weighted by molar-refractivity contribution is 5.35. The minimum atomic E-state index is -0.282. The summed E-state index contributed by atoms with van der Waals surface area (Å²) in [6, 6.07) is 0. The first kappa shape index (κ1) is 9.43. The lowest BCUT2D eigenvalue weighted by molar-refractivity contribution is 0.0144. The molecule has 0 bridgehead atoms. The van der Waals surface area contributed by atoms with Gasteiger partial charge in [0.05, 0.1) is 11.6 Å². The van der Waals surface area contributed by atoms with Crippen molar-refractivity contribution < 1.29 is 9.90 Å². The van der Waals surface area contributed by atoms with E-state index in [1.165, 1.54) is 0 Å². The second-order valence-corrected chi connectivity index (χ2v) is 4.09. The lowest BCUT2D eigenvalue weighted by atomic mass is 9.70. The van der Waals surface area contributed by atoms with E-state index < -0.39 is 0 Å². The fraction of sp³-hybridized carbons (Fsp3) is 0.889. The van der Waals surface area contributed by atoms with Gasteiger partial charge in [-0.1, -0.05) is 13.8 Å². The van der Waals surface area contributed by atoms with Crippen LogP contribution in [0.3, 0.4) is 0 Å². The van der Waals surface area contributed by atoms with Gasteiger partial charge in [-0.15, -0.1) is 0 Å². The Morgan fingerprint density at radius 1 is 1.67 bits per heavy atom. The Morgan fingerprint density at radius 2 is 2.25 bits per heavy atom. The molecule has 0 atom stereocenters. The van der Waals surface area contributed by atoms with Crippen molar-refractivity contribution in [2.75, 3.05) is 0 Å². The number of hydrogen-bond acceptors (Lipinski definition) is 3. The molecule has 1 rings (SSSR count). The summed E-state index contributed by atoms with van der Waals surface area (Å²) in [4.78, 5) is 13.9. The number of aliphatic hydroxyl groups excluding tert-OH is 1. The second-order valence-electron chi connectivity index (χ2n) is 4.09. The molecule has 0 amide bonds. The zero-order valence-corrected chi connectivity index (χ0v) is 7.58. The van der Waals surface area contributed by atoms with Crippen LogP contribution in [0.2, 0.25) is 0 Å². The van der Waals surface area contributed by atoms with Crippen molar-refractivity contribution in [2.45, 2.75) is 44.8 Å². The third-order valence-corrected chi connectivity index (χ3v) is 2.30. The van der Waals surface area contributed by atoms with Gasteiger partial charge in [0.15, 0.2) is 0 Å². The Balaban J connectivity index is 2.56. The Labute approximate surface area is 72.5 Å². The van der Waals surface area contributed by atoms with Crippen LogP contribution < -0.4 is 0 Å². The fourth-order valence-corrected chi connectivity index (χ4v) is 1.98. The molecule has 0 unspecified atom stereocenters. The van der Waals surface area contributed by atoms with Crippen molar-refractivity contribution in [1.82, 2.24) is 0 Å². The first-order valence-electron chi connectivity index (χ1n) is 4.35. The van der Waals surface area contributed by atoms with Crippen molar-refractivity contribution in [2.24, 2.45) is 10.9 Å². The van der Waals surface area contributed by atoms with E-state index in [1.807, 2.05) is 0 Å². The molecular weight excluding hydrogens is 154 g/mol. The molecule has 0 aliphatic heterocycles. The minimum Gasteiger partial charge on any atom is -0.393 e. The maximum atomic E-state index is 10.1. The van der Waals surface area contributed by atoms with E-state index in [4.69, 9.17) is 5.11 Å². The molecule has 1 aliphatic carbocycles. The molecule has 0 saturated heterocycles.